The summed E-state index contributed by atoms with van der Waals surface area (Å²) in [5.41, 5.74) is 1.36. The van der Waals surface area contributed by atoms with Crippen LogP contribution in [0.15, 0.2) is 58.4 Å². The molecule has 24 heavy (non-hydrogen) atoms. The largest absolute Gasteiger partial charge is 0.497 e. The molecule has 2 N–H and O–H groups in total. The van der Waals surface area contributed by atoms with Crippen molar-refractivity contribution >= 4 is 21.5 Å². The Kier molecular flexibility index (Phi) is 4.71. The third-order valence-corrected chi connectivity index (χ3v) is 5.05. The van der Waals surface area contributed by atoms with E-state index in [0.717, 1.165) is 30.9 Å². The molecule has 0 saturated heterocycles. The number of rotatable bonds is 5. The molecule has 0 unspecified atom stereocenters. The second-order valence-electron chi connectivity index (χ2n) is 5.37. The van der Waals surface area contributed by atoms with Crippen molar-refractivity contribution < 1.29 is 13.2 Å². The molecule has 0 aliphatic carbocycles. The number of nitrogens with zero attached hydrogens (tertiary/aromatic N) is 1. The molecule has 0 spiro atoms. The van der Waals surface area contributed by atoms with Gasteiger partial charge in [0.15, 0.2) is 0 Å². The average molecular weight is 345 g/mol. The zero-order chi connectivity index (χ0) is 17.0. The van der Waals surface area contributed by atoms with E-state index in [0.29, 0.717) is 11.4 Å². The molecule has 7 heteroatoms. The van der Waals surface area contributed by atoms with Gasteiger partial charge in [-0.2, -0.15) is 0 Å². The smallest absolute Gasteiger partial charge is 0.261 e. The molecule has 0 bridgehead atoms. The third-order valence-electron chi connectivity index (χ3n) is 3.66. The molecule has 1 heterocycles. The summed E-state index contributed by atoms with van der Waals surface area (Å²) < 4.78 is 32.6. The minimum atomic E-state index is -3.65. The average Bonchev–Trinajstić information content (AvgIpc) is 2.62. The predicted molar refractivity (Wildman–Crippen MR) is 94.3 cm³/mol. The fourth-order valence-corrected chi connectivity index (χ4v) is 3.47. The second kappa shape index (κ2) is 6.92. The van der Waals surface area contributed by atoms with Crippen LogP contribution >= 0.6 is 0 Å². The number of anilines is 1. The van der Waals surface area contributed by atoms with Crippen LogP contribution in [0.2, 0.25) is 0 Å². The molecule has 6 nitrogen and oxygen atoms in total. The molecule has 0 fully saturated rings. The lowest BCUT2D eigenvalue weighted by atomic mass is 10.1. The summed E-state index contributed by atoms with van der Waals surface area (Å²) in [6.07, 6.45) is 1.01. The van der Waals surface area contributed by atoms with Crippen molar-refractivity contribution in [2.24, 2.45) is 4.99 Å². The Hall–Kier alpha value is -2.54. The number of hydrogen-bond acceptors (Lipinski definition) is 5. The van der Waals surface area contributed by atoms with E-state index < -0.39 is 10.0 Å². The maximum absolute atomic E-state index is 12.5. The molecule has 2 aromatic rings. The zero-order valence-electron chi connectivity index (χ0n) is 13.3. The highest BCUT2D eigenvalue weighted by Gasteiger charge is 2.15. The van der Waals surface area contributed by atoms with Gasteiger partial charge in [0.2, 0.25) is 0 Å². The first-order valence-electron chi connectivity index (χ1n) is 7.64. The van der Waals surface area contributed by atoms with Crippen LogP contribution in [0, 0.1) is 0 Å². The van der Waals surface area contributed by atoms with E-state index in [1.807, 2.05) is 6.07 Å². The summed E-state index contributed by atoms with van der Waals surface area (Å²) in [5.74, 6) is 1.41. The van der Waals surface area contributed by atoms with Gasteiger partial charge in [-0.1, -0.05) is 12.1 Å². The molecule has 1 aliphatic heterocycles. The van der Waals surface area contributed by atoms with Gasteiger partial charge in [0.25, 0.3) is 10.0 Å². The van der Waals surface area contributed by atoms with Gasteiger partial charge in [0.1, 0.15) is 11.6 Å². The van der Waals surface area contributed by atoms with E-state index in [1.54, 1.807) is 30.3 Å². The first-order valence-corrected chi connectivity index (χ1v) is 9.12. The number of nitrogens with one attached hydrogen (secondary N) is 2. The maximum Gasteiger partial charge on any atom is 0.261 e. The lowest BCUT2D eigenvalue weighted by Crippen LogP contribution is -2.30. The van der Waals surface area contributed by atoms with Gasteiger partial charge in [0.05, 0.1) is 12.0 Å². The standard InChI is InChI=1S/C17H19N3O3S/c1-23-15-6-8-16(9-7-15)24(21,22)20-14-5-2-4-13(12-14)17-18-10-3-11-19-17/h2,4-9,12,20H,3,10-11H2,1H3,(H,18,19). The Bertz CT molecular complexity index is 846. The number of benzene rings is 2. The molecule has 0 saturated carbocycles. The lowest BCUT2D eigenvalue weighted by Gasteiger charge is -2.15. The molecular formula is C17H19N3O3S. The van der Waals surface area contributed by atoms with Crippen molar-refractivity contribution in [1.29, 1.82) is 0 Å². The van der Waals surface area contributed by atoms with Gasteiger partial charge in [-0.25, -0.2) is 8.42 Å². The molecule has 0 amide bonds. The fourth-order valence-electron chi connectivity index (χ4n) is 2.42. The van der Waals surface area contributed by atoms with E-state index >= 15 is 0 Å². The SMILES string of the molecule is COc1ccc(S(=O)(=O)Nc2cccc(C3=NCCCN3)c2)cc1. The predicted octanol–water partition coefficient (Wildman–Crippen LogP) is 2.24. The summed E-state index contributed by atoms with van der Waals surface area (Å²) in [4.78, 5) is 4.61. The topological polar surface area (TPSA) is 79.8 Å². The van der Waals surface area contributed by atoms with Crippen LogP contribution in [-0.2, 0) is 10.0 Å². The maximum atomic E-state index is 12.5. The number of amidine groups is 1. The van der Waals surface area contributed by atoms with E-state index in [1.165, 1.54) is 19.2 Å². The van der Waals surface area contributed by atoms with Crippen molar-refractivity contribution in [3.05, 3.63) is 54.1 Å². The summed E-state index contributed by atoms with van der Waals surface area (Å²) in [5, 5.41) is 3.23. The minimum absolute atomic E-state index is 0.182. The summed E-state index contributed by atoms with van der Waals surface area (Å²) in [7, 11) is -2.11. The Morgan fingerprint density at radius 3 is 2.62 bits per heavy atom. The van der Waals surface area contributed by atoms with Gasteiger partial charge < -0.3 is 10.1 Å². The van der Waals surface area contributed by atoms with Crippen molar-refractivity contribution in [2.75, 3.05) is 24.9 Å². The Morgan fingerprint density at radius 1 is 1.17 bits per heavy atom. The van der Waals surface area contributed by atoms with Gasteiger partial charge in [-0.15, -0.1) is 0 Å². The molecule has 0 atom stereocenters. The first-order chi connectivity index (χ1) is 11.6. The van der Waals surface area contributed by atoms with Gasteiger partial charge in [-0.05, 0) is 42.8 Å². The quantitative estimate of drug-likeness (QED) is 0.871. The van der Waals surface area contributed by atoms with Gasteiger partial charge in [0, 0.05) is 24.3 Å². The van der Waals surface area contributed by atoms with E-state index in [-0.39, 0.29) is 4.90 Å². The highest BCUT2D eigenvalue weighted by molar-refractivity contribution is 7.92. The van der Waals surface area contributed by atoms with Crippen molar-refractivity contribution in [1.82, 2.24) is 5.32 Å². The molecule has 2 aromatic carbocycles. The molecule has 0 radical (unpaired) electrons. The molecule has 3 rings (SSSR count). The highest BCUT2D eigenvalue weighted by Crippen LogP contribution is 2.20. The summed E-state index contributed by atoms with van der Waals surface area (Å²) in [6, 6.07) is 13.5. The molecule has 1 aliphatic rings. The van der Waals surface area contributed by atoms with Crippen LogP contribution < -0.4 is 14.8 Å². The fraction of sp³-hybridized carbons (Fsp3) is 0.235. The lowest BCUT2D eigenvalue weighted by molar-refractivity contribution is 0.414. The van der Waals surface area contributed by atoms with E-state index in [9.17, 15) is 8.42 Å². The number of aliphatic imine (C=N–C) groups is 1. The summed E-state index contributed by atoms with van der Waals surface area (Å²) >= 11 is 0. The van der Waals surface area contributed by atoms with E-state index in [2.05, 4.69) is 15.0 Å². The molecular weight excluding hydrogens is 326 g/mol. The Balaban J connectivity index is 1.83. The third kappa shape index (κ3) is 3.68. The first kappa shape index (κ1) is 16.3. The normalized spacial score (nSPS) is 14.5. The van der Waals surface area contributed by atoms with Crippen LogP contribution in [0.25, 0.3) is 0 Å². The van der Waals surface area contributed by atoms with Crippen LogP contribution in [0.1, 0.15) is 12.0 Å². The summed E-state index contributed by atoms with van der Waals surface area (Å²) in [6.45, 7) is 1.66. The van der Waals surface area contributed by atoms with Gasteiger partial charge in [-0.3, -0.25) is 9.71 Å². The molecule has 0 aromatic heterocycles. The minimum Gasteiger partial charge on any atom is -0.497 e. The Labute approximate surface area is 141 Å². The van der Waals surface area contributed by atoms with Crippen LogP contribution in [0.4, 0.5) is 5.69 Å². The van der Waals surface area contributed by atoms with Gasteiger partial charge >= 0.3 is 0 Å². The molecule has 126 valence electrons. The monoisotopic (exact) mass is 345 g/mol. The van der Waals surface area contributed by atoms with Crippen LogP contribution in [0.5, 0.6) is 5.75 Å². The second-order valence-corrected chi connectivity index (χ2v) is 7.05. The number of sulfonamides is 1. The zero-order valence-corrected chi connectivity index (χ0v) is 14.1. The Morgan fingerprint density at radius 2 is 1.96 bits per heavy atom. The highest BCUT2D eigenvalue weighted by atomic mass is 32.2. The van der Waals surface area contributed by atoms with E-state index in [4.69, 9.17) is 4.74 Å². The van der Waals surface area contributed by atoms with Crippen LogP contribution in [-0.4, -0.2) is 34.5 Å². The number of hydrogen-bond donors (Lipinski definition) is 2. The van der Waals surface area contributed by atoms with Crippen molar-refractivity contribution in [3.8, 4) is 5.75 Å². The van der Waals surface area contributed by atoms with Crippen molar-refractivity contribution in [2.45, 2.75) is 11.3 Å². The number of methoxy groups -OCH3 is 1. The number of ether oxygens (including phenoxy) is 1. The van der Waals surface area contributed by atoms with Crippen molar-refractivity contribution in [3.63, 3.8) is 0 Å². The van der Waals surface area contributed by atoms with Crippen LogP contribution in [0.3, 0.4) is 0 Å².